The number of aliphatic hydroxyl groups is 2. The summed E-state index contributed by atoms with van der Waals surface area (Å²) in [6.07, 6.45) is 7.97. The molecule has 0 bridgehead atoms. The van der Waals surface area contributed by atoms with Crippen molar-refractivity contribution in [2.75, 3.05) is 0 Å². The van der Waals surface area contributed by atoms with Gasteiger partial charge in [-0.1, -0.05) is 0 Å². The minimum atomic E-state index is -0.929. The molecule has 0 aromatic carbocycles. The van der Waals surface area contributed by atoms with Crippen molar-refractivity contribution in [1.82, 2.24) is 10.6 Å². The topological polar surface area (TPSA) is 98.7 Å². The van der Waals surface area contributed by atoms with Crippen LogP contribution in [0.25, 0.3) is 0 Å². The molecular weight excluding hydrogens is 320 g/mol. The van der Waals surface area contributed by atoms with Gasteiger partial charge in [0.2, 0.25) is 11.8 Å². The van der Waals surface area contributed by atoms with E-state index < -0.39 is 12.2 Å². The van der Waals surface area contributed by atoms with Gasteiger partial charge in [-0.15, -0.1) is 0 Å². The van der Waals surface area contributed by atoms with E-state index in [4.69, 9.17) is 0 Å². The Labute approximate surface area is 150 Å². The third-order valence-corrected chi connectivity index (χ3v) is 5.81. The number of carbonyl (C=O) groups is 2. The van der Waals surface area contributed by atoms with E-state index in [0.29, 0.717) is 0 Å². The van der Waals surface area contributed by atoms with E-state index in [-0.39, 0.29) is 23.9 Å². The molecule has 0 radical (unpaired) electrons. The molecule has 2 unspecified atom stereocenters. The van der Waals surface area contributed by atoms with Crippen LogP contribution in [0.4, 0.5) is 0 Å². The Hall–Kier alpha value is -1.14. The molecule has 2 aliphatic carbocycles. The molecule has 6 nitrogen and oxygen atoms in total. The Morgan fingerprint density at radius 2 is 1.08 bits per heavy atom. The first-order valence-electron chi connectivity index (χ1n) is 9.82. The predicted molar refractivity (Wildman–Crippen MR) is 95.8 cm³/mol. The lowest BCUT2D eigenvalue weighted by molar-refractivity contribution is -0.130. The van der Waals surface area contributed by atoms with Gasteiger partial charge in [0, 0.05) is 12.1 Å². The molecule has 0 aromatic rings. The van der Waals surface area contributed by atoms with E-state index in [2.05, 4.69) is 10.6 Å². The van der Waals surface area contributed by atoms with E-state index in [0.717, 1.165) is 63.2 Å². The van der Waals surface area contributed by atoms with Crippen LogP contribution in [0.1, 0.15) is 71.6 Å². The minimum absolute atomic E-state index is 0.213. The Bertz CT molecular complexity index is 397. The molecule has 2 saturated carbocycles. The van der Waals surface area contributed by atoms with Crippen LogP contribution in [0, 0.1) is 11.8 Å². The van der Waals surface area contributed by atoms with Crippen molar-refractivity contribution in [1.29, 1.82) is 0 Å². The second-order valence-electron chi connectivity index (χ2n) is 8.04. The van der Waals surface area contributed by atoms with E-state index >= 15 is 0 Å². The highest BCUT2D eigenvalue weighted by Crippen LogP contribution is 2.35. The van der Waals surface area contributed by atoms with E-state index in [1.165, 1.54) is 20.3 Å². The quantitative estimate of drug-likeness (QED) is 0.581. The van der Waals surface area contributed by atoms with Crippen LogP contribution in [-0.4, -0.2) is 46.3 Å². The Morgan fingerprint density at radius 3 is 1.36 bits per heavy atom. The SMILES string of the molecule is CC(O)C(=O)NC1CCC(CC2CCC(NC(=O)C(C)O)CC2)CC1. The smallest absolute Gasteiger partial charge is 0.248 e. The zero-order valence-corrected chi connectivity index (χ0v) is 15.5. The molecule has 4 N–H and O–H groups in total. The summed E-state index contributed by atoms with van der Waals surface area (Å²) < 4.78 is 0. The van der Waals surface area contributed by atoms with Gasteiger partial charge in [-0.3, -0.25) is 9.59 Å². The van der Waals surface area contributed by atoms with Crippen LogP contribution >= 0.6 is 0 Å². The number of amides is 2. The fraction of sp³-hybridized carbons (Fsp3) is 0.895. The lowest BCUT2D eigenvalue weighted by atomic mass is 9.75. The van der Waals surface area contributed by atoms with E-state index in [1.807, 2.05) is 0 Å². The van der Waals surface area contributed by atoms with Gasteiger partial charge >= 0.3 is 0 Å². The maximum absolute atomic E-state index is 11.6. The molecule has 0 heterocycles. The Morgan fingerprint density at radius 1 is 0.760 bits per heavy atom. The zero-order valence-electron chi connectivity index (χ0n) is 15.5. The summed E-state index contributed by atoms with van der Waals surface area (Å²) >= 11 is 0. The molecule has 144 valence electrons. The fourth-order valence-electron chi connectivity index (χ4n) is 4.20. The van der Waals surface area contributed by atoms with Crippen molar-refractivity contribution >= 4 is 11.8 Å². The molecule has 0 aromatic heterocycles. The van der Waals surface area contributed by atoms with Gasteiger partial charge in [0.1, 0.15) is 12.2 Å². The molecule has 2 aliphatic rings. The average Bonchev–Trinajstić information content (AvgIpc) is 2.58. The molecule has 2 rings (SSSR count). The van der Waals surface area contributed by atoms with Gasteiger partial charge in [0.05, 0.1) is 0 Å². The second-order valence-corrected chi connectivity index (χ2v) is 8.04. The first kappa shape index (κ1) is 20.2. The monoisotopic (exact) mass is 354 g/mol. The molecule has 2 atom stereocenters. The molecular formula is C19H34N2O4. The lowest BCUT2D eigenvalue weighted by Gasteiger charge is -2.34. The summed E-state index contributed by atoms with van der Waals surface area (Å²) in [7, 11) is 0. The number of hydrogen-bond donors (Lipinski definition) is 4. The normalized spacial score (nSPS) is 32.5. The maximum atomic E-state index is 11.6. The van der Waals surface area contributed by atoms with Gasteiger partial charge in [-0.05, 0) is 83.5 Å². The summed E-state index contributed by atoms with van der Waals surface area (Å²) in [5, 5.41) is 24.4. The van der Waals surface area contributed by atoms with Crippen molar-refractivity contribution in [2.24, 2.45) is 11.8 Å². The number of carbonyl (C=O) groups excluding carboxylic acids is 2. The first-order valence-corrected chi connectivity index (χ1v) is 9.82. The molecule has 2 amide bonds. The first-order chi connectivity index (χ1) is 11.8. The standard InChI is InChI=1S/C19H34N2O4/c1-12(22)18(24)20-16-7-3-14(4-8-16)11-15-5-9-17(10-6-15)21-19(25)13(2)23/h12-17,22-23H,3-11H2,1-2H3,(H,20,24)(H,21,25). The van der Waals surface area contributed by atoms with Crippen LogP contribution in [0.15, 0.2) is 0 Å². The van der Waals surface area contributed by atoms with Crippen LogP contribution in [0.5, 0.6) is 0 Å². The van der Waals surface area contributed by atoms with Gasteiger partial charge in [-0.25, -0.2) is 0 Å². The third-order valence-electron chi connectivity index (χ3n) is 5.81. The van der Waals surface area contributed by atoms with Crippen LogP contribution in [-0.2, 0) is 9.59 Å². The van der Waals surface area contributed by atoms with Crippen molar-refractivity contribution in [3.8, 4) is 0 Å². The van der Waals surface area contributed by atoms with Gasteiger partial charge in [0.15, 0.2) is 0 Å². The summed E-state index contributed by atoms with van der Waals surface area (Å²) in [5.74, 6) is 0.934. The van der Waals surface area contributed by atoms with Crippen molar-refractivity contribution < 1.29 is 19.8 Å². The van der Waals surface area contributed by atoms with Gasteiger partial charge < -0.3 is 20.8 Å². The number of rotatable bonds is 6. The fourth-order valence-corrected chi connectivity index (χ4v) is 4.20. The zero-order chi connectivity index (χ0) is 18.4. The van der Waals surface area contributed by atoms with Crippen LogP contribution in [0.2, 0.25) is 0 Å². The summed E-state index contributed by atoms with van der Waals surface area (Å²) in [6, 6.07) is 0.426. The third kappa shape index (κ3) is 6.59. The van der Waals surface area contributed by atoms with E-state index in [9.17, 15) is 19.8 Å². The Balaban J connectivity index is 1.63. The maximum Gasteiger partial charge on any atom is 0.248 e. The molecule has 0 saturated heterocycles. The highest BCUT2D eigenvalue weighted by atomic mass is 16.3. The summed E-state index contributed by atoms with van der Waals surface area (Å²) in [4.78, 5) is 23.1. The highest BCUT2D eigenvalue weighted by Gasteiger charge is 2.28. The van der Waals surface area contributed by atoms with Crippen LogP contribution < -0.4 is 10.6 Å². The molecule has 6 heteroatoms. The molecule has 0 aliphatic heterocycles. The summed E-state index contributed by atoms with van der Waals surface area (Å²) in [6.45, 7) is 3.00. The van der Waals surface area contributed by atoms with Crippen molar-refractivity contribution in [3.05, 3.63) is 0 Å². The predicted octanol–water partition coefficient (Wildman–Crippen LogP) is 1.49. The molecule has 0 spiro atoms. The van der Waals surface area contributed by atoms with Gasteiger partial charge in [-0.2, -0.15) is 0 Å². The van der Waals surface area contributed by atoms with Gasteiger partial charge in [0.25, 0.3) is 0 Å². The van der Waals surface area contributed by atoms with E-state index in [1.54, 1.807) is 0 Å². The second kappa shape index (κ2) is 9.53. The summed E-state index contributed by atoms with van der Waals surface area (Å²) in [5.41, 5.74) is 0. The van der Waals surface area contributed by atoms with Crippen LogP contribution in [0.3, 0.4) is 0 Å². The Kier molecular flexibility index (Phi) is 7.69. The highest BCUT2D eigenvalue weighted by molar-refractivity contribution is 5.80. The minimum Gasteiger partial charge on any atom is -0.384 e. The molecule has 2 fully saturated rings. The molecule has 25 heavy (non-hydrogen) atoms. The number of hydrogen-bond acceptors (Lipinski definition) is 4. The lowest BCUT2D eigenvalue weighted by Crippen LogP contribution is -2.43. The number of nitrogens with one attached hydrogen (secondary N) is 2. The number of aliphatic hydroxyl groups excluding tert-OH is 2. The largest absolute Gasteiger partial charge is 0.384 e. The van der Waals surface area contributed by atoms with Crippen molar-refractivity contribution in [2.45, 2.75) is 95.9 Å². The van der Waals surface area contributed by atoms with Crippen molar-refractivity contribution in [3.63, 3.8) is 0 Å². The average molecular weight is 354 g/mol.